The van der Waals surface area contributed by atoms with E-state index in [0.717, 1.165) is 6.42 Å². The lowest BCUT2D eigenvalue weighted by Gasteiger charge is -2.39. The van der Waals surface area contributed by atoms with E-state index in [9.17, 15) is 14.7 Å². The zero-order valence-electron chi connectivity index (χ0n) is 12.4. The monoisotopic (exact) mass is 288 g/mol. The largest absolute Gasteiger partial charge is 0.468 e. The maximum Gasteiger partial charge on any atom is 0.405 e. The summed E-state index contributed by atoms with van der Waals surface area (Å²) in [5.41, 5.74) is -0.485. The summed E-state index contributed by atoms with van der Waals surface area (Å²) >= 11 is 0. The summed E-state index contributed by atoms with van der Waals surface area (Å²) in [5, 5.41) is 21.8. The molecule has 1 saturated heterocycles. The number of methoxy groups -OCH3 is 1. The molecule has 20 heavy (non-hydrogen) atoms. The molecule has 0 aromatic rings. The Bertz CT molecular complexity index is 366. The zero-order valence-corrected chi connectivity index (χ0v) is 12.4. The van der Waals surface area contributed by atoms with E-state index in [4.69, 9.17) is 9.84 Å². The van der Waals surface area contributed by atoms with Gasteiger partial charge in [-0.05, 0) is 18.3 Å². The van der Waals surface area contributed by atoms with E-state index in [2.05, 4.69) is 5.32 Å². The quantitative estimate of drug-likeness (QED) is 0.656. The number of carboxylic acid groups (broad SMARTS) is 1. The third kappa shape index (κ3) is 3.83. The summed E-state index contributed by atoms with van der Waals surface area (Å²) in [5.74, 6) is -0.399. The highest BCUT2D eigenvalue weighted by Gasteiger charge is 2.42. The molecule has 0 aliphatic carbocycles. The van der Waals surface area contributed by atoms with Crippen LogP contribution in [0.3, 0.4) is 0 Å². The SMILES string of the molecule is COC(=O)C1CCCN1C(O)C(NC(=O)O)C(C)(C)C. The number of hydrogen-bond acceptors (Lipinski definition) is 5. The van der Waals surface area contributed by atoms with Crippen LogP contribution >= 0.6 is 0 Å². The number of nitrogens with one attached hydrogen (secondary N) is 1. The lowest BCUT2D eigenvalue weighted by Crippen LogP contribution is -2.59. The Labute approximate surface area is 118 Å². The second kappa shape index (κ2) is 6.41. The maximum absolute atomic E-state index is 11.7. The average Bonchev–Trinajstić information content (AvgIpc) is 2.81. The average molecular weight is 288 g/mol. The molecule has 1 amide bonds. The highest BCUT2D eigenvalue weighted by molar-refractivity contribution is 5.76. The van der Waals surface area contributed by atoms with Crippen LogP contribution in [0.25, 0.3) is 0 Å². The molecule has 3 atom stereocenters. The third-order valence-electron chi connectivity index (χ3n) is 3.62. The standard InChI is InChI=1S/C13H24N2O5/c1-13(2,3)9(14-12(18)19)10(16)15-7-5-6-8(15)11(17)20-4/h8-10,14,16H,5-7H2,1-4H3,(H,18,19). The minimum absolute atomic E-state index is 0.399. The molecule has 0 radical (unpaired) electrons. The normalized spacial score (nSPS) is 23.1. The molecule has 0 aromatic heterocycles. The predicted molar refractivity (Wildman–Crippen MR) is 72.2 cm³/mol. The van der Waals surface area contributed by atoms with Gasteiger partial charge in [0.2, 0.25) is 0 Å². The number of nitrogens with zero attached hydrogens (tertiary/aromatic N) is 1. The molecule has 7 heteroatoms. The van der Waals surface area contributed by atoms with Crippen molar-refractivity contribution in [3.63, 3.8) is 0 Å². The number of hydrogen-bond donors (Lipinski definition) is 3. The van der Waals surface area contributed by atoms with Gasteiger partial charge in [-0.2, -0.15) is 0 Å². The highest BCUT2D eigenvalue weighted by atomic mass is 16.5. The van der Waals surface area contributed by atoms with Crippen LogP contribution in [0.4, 0.5) is 4.79 Å². The van der Waals surface area contributed by atoms with Crippen molar-refractivity contribution < 1.29 is 24.5 Å². The van der Waals surface area contributed by atoms with Crippen molar-refractivity contribution in [1.82, 2.24) is 10.2 Å². The Balaban J connectivity index is 2.90. The number of carbonyl (C=O) groups is 2. The Morgan fingerprint density at radius 3 is 2.45 bits per heavy atom. The van der Waals surface area contributed by atoms with Crippen molar-refractivity contribution in [2.45, 2.75) is 51.9 Å². The van der Waals surface area contributed by atoms with E-state index in [1.54, 1.807) is 4.90 Å². The first kappa shape index (κ1) is 16.7. The van der Waals surface area contributed by atoms with Gasteiger partial charge in [0.25, 0.3) is 0 Å². The van der Waals surface area contributed by atoms with E-state index in [-0.39, 0.29) is 0 Å². The molecule has 116 valence electrons. The van der Waals surface area contributed by atoms with Crippen LogP contribution in [0.15, 0.2) is 0 Å². The molecule has 1 aliphatic heterocycles. The number of amides is 1. The van der Waals surface area contributed by atoms with Gasteiger partial charge < -0.3 is 20.3 Å². The summed E-state index contributed by atoms with van der Waals surface area (Å²) < 4.78 is 4.73. The molecular weight excluding hydrogens is 264 g/mol. The highest BCUT2D eigenvalue weighted by Crippen LogP contribution is 2.28. The van der Waals surface area contributed by atoms with Gasteiger partial charge in [-0.3, -0.25) is 9.69 Å². The van der Waals surface area contributed by atoms with Crippen molar-refractivity contribution in [3.05, 3.63) is 0 Å². The molecule has 3 N–H and O–H groups in total. The second-order valence-corrected chi connectivity index (χ2v) is 6.13. The van der Waals surface area contributed by atoms with Crippen molar-refractivity contribution >= 4 is 12.1 Å². The molecule has 1 rings (SSSR count). The first-order valence-electron chi connectivity index (χ1n) is 6.69. The summed E-state index contributed by atoms with van der Waals surface area (Å²) in [7, 11) is 1.31. The maximum atomic E-state index is 11.7. The van der Waals surface area contributed by atoms with E-state index >= 15 is 0 Å². The number of aliphatic hydroxyl groups is 1. The first-order valence-corrected chi connectivity index (χ1v) is 6.69. The molecule has 7 nitrogen and oxygen atoms in total. The van der Waals surface area contributed by atoms with Gasteiger partial charge in [0.05, 0.1) is 13.2 Å². The molecule has 1 fully saturated rings. The van der Waals surface area contributed by atoms with E-state index in [1.165, 1.54) is 7.11 Å². The van der Waals surface area contributed by atoms with Gasteiger partial charge in [0, 0.05) is 6.54 Å². The number of ether oxygens (including phenoxy) is 1. The molecule has 1 aliphatic rings. The number of likely N-dealkylation sites (tertiary alicyclic amines) is 1. The summed E-state index contributed by atoms with van der Waals surface area (Å²) in [6, 6.07) is -1.22. The fourth-order valence-corrected chi connectivity index (χ4v) is 2.56. The van der Waals surface area contributed by atoms with Crippen LogP contribution in [0.1, 0.15) is 33.6 Å². The van der Waals surface area contributed by atoms with Gasteiger partial charge >= 0.3 is 12.1 Å². The van der Waals surface area contributed by atoms with Crippen molar-refractivity contribution in [1.29, 1.82) is 0 Å². The van der Waals surface area contributed by atoms with Crippen LogP contribution in [-0.4, -0.2) is 59.1 Å². The van der Waals surface area contributed by atoms with Crippen LogP contribution in [0.2, 0.25) is 0 Å². The summed E-state index contributed by atoms with van der Waals surface area (Å²) in [6.45, 7) is 6.04. The van der Waals surface area contributed by atoms with E-state index in [0.29, 0.717) is 13.0 Å². The van der Waals surface area contributed by atoms with Crippen molar-refractivity contribution in [2.75, 3.05) is 13.7 Å². The van der Waals surface area contributed by atoms with E-state index < -0.39 is 35.8 Å². The Morgan fingerprint density at radius 2 is 2.00 bits per heavy atom. The van der Waals surface area contributed by atoms with Crippen molar-refractivity contribution in [2.24, 2.45) is 5.41 Å². The van der Waals surface area contributed by atoms with Crippen LogP contribution < -0.4 is 5.32 Å². The molecule has 0 bridgehead atoms. The van der Waals surface area contributed by atoms with Gasteiger partial charge in [0.1, 0.15) is 12.3 Å². The molecule has 0 saturated carbocycles. The fourth-order valence-electron chi connectivity index (χ4n) is 2.56. The molecular formula is C13H24N2O5. The summed E-state index contributed by atoms with van der Waals surface area (Å²) in [4.78, 5) is 24.2. The zero-order chi connectivity index (χ0) is 15.5. The smallest absolute Gasteiger partial charge is 0.405 e. The molecule has 3 unspecified atom stereocenters. The van der Waals surface area contributed by atoms with Crippen LogP contribution in [0.5, 0.6) is 0 Å². The Morgan fingerprint density at radius 1 is 1.40 bits per heavy atom. The topological polar surface area (TPSA) is 99.1 Å². The summed E-state index contributed by atoms with van der Waals surface area (Å²) in [6.07, 6.45) is -0.899. The second-order valence-electron chi connectivity index (χ2n) is 6.13. The third-order valence-corrected chi connectivity index (χ3v) is 3.62. The van der Waals surface area contributed by atoms with Gasteiger partial charge in [-0.25, -0.2) is 4.79 Å². The van der Waals surface area contributed by atoms with Crippen molar-refractivity contribution in [3.8, 4) is 0 Å². The molecule has 0 aromatic carbocycles. The van der Waals surface area contributed by atoms with Crippen LogP contribution in [-0.2, 0) is 9.53 Å². The lowest BCUT2D eigenvalue weighted by molar-refractivity contribution is -0.151. The predicted octanol–water partition coefficient (Wildman–Crippen LogP) is 0.624. The lowest BCUT2D eigenvalue weighted by atomic mass is 9.85. The Hall–Kier alpha value is -1.34. The van der Waals surface area contributed by atoms with Crippen LogP contribution in [0, 0.1) is 5.41 Å². The van der Waals surface area contributed by atoms with Gasteiger partial charge in [0.15, 0.2) is 0 Å². The first-order chi connectivity index (χ1) is 9.18. The fraction of sp³-hybridized carbons (Fsp3) is 0.846. The minimum atomic E-state index is -1.20. The van der Waals surface area contributed by atoms with Gasteiger partial charge in [-0.15, -0.1) is 0 Å². The number of carbonyl (C=O) groups excluding carboxylic acids is 1. The minimum Gasteiger partial charge on any atom is -0.468 e. The molecule has 1 heterocycles. The van der Waals surface area contributed by atoms with Gasteiger partial charge in [-0.1, -0.05) is 20.8 Å². The number of rotatable bonds is 4. The molecule has 0 spiro atoms. The number of aliphatic hydroxyl groups excluding tert-OH is 1. The number of esters is 1. The Kier molecular flexibility index (Phi) is 5.35. The van der Waals surface area contributed by atoms with E-state index in [1.807, 2.05) is 20.8 Å².